The molecule has 1 atom stereocenters. The number of hydrogen-bond donors (Lipinski definition) is 2. The Labute approximate surface area is 233 Å². The number of benzene rings is 2. The third-order valence-electron chi connectivity index (χ3n) is 6.60. The topological polar surface area (TPSA) is 144 Å². The number of H-pyrrole nitrogens is 1. The Balaban J connectivity index is 1.68. The van der Waals surface area contributed by atoms with E-state index in [2.05, 4.69) is 24.7 Å². The van der Waals surface area contributed by atoms with Crippen LogP contribution in [0.4, 0.5) is 29.3 Å². The zero-order valence-corrected chi connectivity index (χ0v) is 23.6. The summed E-state index contributed by atoms with van der Waals surface area (Å²) in [6, 6.07) is 10.2. The molecule has 15 heteroatoms. The third kappa shape index (κ3) is 6.34. The summed E-state index contributed by atoms with van der Waals surface area (Å²) >= 11 is 0. The van der Waals surface area contributed by atoms with Crippen molar-refractivity contribution in [2.45, 2.75) is 69.2 Å². The molecule has 0 spiro atoms. The molecule has 0 saturated heterocycles. The Kier molecular flexibility index (Phi) is 7.62. The first-order chi connectivity index (χ1) is 18.9. The van der Waals surface area contributed by atoms with Crippen molar-refractivity contribution in [3.63, 3.8) is 0 Å². The molecule has 0 aliphatic carbocycles. The maximum atomic E-state index is 13.8. The van der Waals surface area contributed by atoms with Gasteiger partial charge in [0.15, 0.2) is 5.82 Å². The zero-order chi connectivity index (χ0) is 30.4. The molecule has 0 bridgehead atoms. The largest absolute Gasteiger partial charge is 0.486 e. The average Bonchev–Trinajstić information content (AvgIpc) is 3.30. The van der Waals surface area contributed by atoms with E-state index in [0.29, 0.717) is 13.8 Å². The molecule has 1 amide bonds. The minimum atomic E-state index is -4.81. The summed E-state index contributed by atoms with van der Waals surface area (Å²) in [5.41, 5.74) is -2.66. The summed E-state index contributed by atoms with van der Waals surface area (Å²) in [6.07, 6.45) is -6.69. The minimum Gasteiger partial charge on any atom is -0.486 e. The number of nitrogens with zero attached hydrogens (tertiary/aromatic N) is 2. The van der Waals surface area contributed by atoms with E-state index in [0.717, 1.165) is 9.87 Å². The molecule has 222 valence electrons. The highest BCUT2D eigenvalue weighted by molar-refractivity contribution is 7.92. The molecule has 4 rings (SSSR count). The van der Waals surface area contributed by atoms with Gasteiger partial charge in [-0.05, 0) is 57.5 Å². The molecule has 1 unspecified atom stereocenters. The first-order valence-corrected chi connectivity index (χ1v) is 13.9. The Morgan fingerprint density at radius 2 is 1.80 bits per heavy atom. The molecule has 1 aromatic heterocycles. The SMILES string of the molecule is Cc1ccc(S(=O)(=O)N2CC(CC(C)(C)c3noc(=O)[nH]3)Oc3ccc(NC(=O)OC(C)(C)C(F)(F)F)cc32)cc1. The smallest absolute Gasteiger partial charge is 0.438 e. The van der Waals surface area contributed by atoms with E-state index in [1.54, 1.807) is 26.0 Å². The Morgan fingerprint density at radius 1 is 1.15 bits per heavy atom. The predicted octanol–water partition coefficient (Wildman–Crippen LogP) is 4.88. The lowest BCUT2D eigenvalue weighted by molar-refractivity contribution is -0.242. The van der Waals surface area contributed by atoms with Crippen molar-refractivity contribution >= 4 is 27.5 Å². The van der Waals surface area contributed by atoms with Gasteiger partial charge in [0.25, 0.3) is 10.0 Å². The van der Waals surface area contributed by atoms with Gasteiger partial charge in [-0.1, -0.05) is 36.7 Å². The average molecular weight is 599 g/mol. The van der Waals surface area contributed by atoms with Crippen LogP contribution in [-0.2, 0) is 20.2 Å². The van der Waals surface area contributed by atoms with Crippen molar-refractivity contribution in [3.8, 4) is 5.75 Å². The molecule has 11 nitrogen and oxygen atoms in total. The van der Waals surface area contributed by atoms with E-state index in [1.807, 2.05) is 6.92 Å². The third-order valence-corrected chi connectivity index (χ3v) is 8.39. The highest BCUT2D eigenvalue weighted by atomic mass is 32.2. The van der Waals surface area contributed by atoms with Crippen LogP contribution >= 0.6 is 0 Å². The van der Waals surface area contributed by atoms with E-state index in [9.17, 15) is 31.2 Å². The van der Waals surface area contributed by atoms with Crippen molar-refractivity contribution in [1.82, 2.24) is 10.1 Å². The number of aromatic amines is 1. The van der Waals surface area contributed by atoms with Crippen LogP contribution < -0.4 is 20.1 Å². The second-order valence-corrected chi connectivity index (χ2v) is 12.7. The first kappa shape index (κ1) is 30.0. The molecule has 2 heterocycles. The monoisotopic (exact) mass is 598 g/mol. The number of halogens is 3. The number of aryl methyl sites for hydroxylation is 1. The lowest BCUT2D eigenvalue weighted by atomic mass is 9.85. The zero-order valence-electron chi connectivity index (χ0n) is 22.8. The molecule has 0 fully saturated rings. The van der Waals surface area contributed by atoms with Crippen LogP contribution in [0.3, 0.4) is 0 Å². The number of nitrogens with one attached hydrogen (secondary N) is 2. The van der Waals surface area contributed by atoms with Crippen LogP contribution in [0.15, 0.2) is 56.7 Å². The Morgan fingerprint density at radius 3 is 2.39 bits per heavy atom. The maximum absolute atomic E-state index is 13.8. The number of hydrogen-bond acceptors (Lipinski definition) is 8. The van der Waals surface area contributed by atoms with Gasteiger partial charge in [0.2, 0.25) is 5.60 Å². The summed E-state index contributed by atoms with van der Waals surface area (Å²) in [6.45, 7) is 6.62. The van der Waals surface area contributed by atoms with Crippen molar-refractivity contribution in [2.24, 2.45) is 0 Å². The Hall–Kier alpha value is -4.01. The fraction of sp³-hybridized carbons (Fsp3) is 0.423. The molecule has 0 saturated carbocycles. The van der Waals surface area contributed by atoms with Gasteiger partial charge in [0.1, 0.15) is 11.9 Å². The highest BCUT2D eigenvalue weighted by Gasteiger charge is 2.51. The van der Waals surface area contributed by atoms with Crippen molar-refractivity contribution < 1.29 is 40.4 Å². The molecule has 1 aliphatic rings. The summed E-state index contributed by atoms with van der Waals surface area (Å²) in [5, 5.41) is 5.97. The number of ether oxygens (including phenoxy) is 2. The normalized spacial score (nSPS) is 16.1. The summed E-state index contributed by atoms with van der Waals surface area (Å²) in [4.78, 5) is 26.3. The fourth-order valence-corrected chi connectivity index (χ4v) is 5.68. The van der Waals surface area contributed by atoms with Crippen LogP contribution in [0.1, 0.15) is 45.5 Å². The second-order valence-electron chi connectivity index (χ2n) is 10.8. The summed E-state index contributed by atoms with van der Waals surface area (Å²) in [5.74, 6) is -0.329. The van der Waals surface area contributed by atoms with E-state index in [-0.39, 0.29) is 40.8 Å². The van der Waals surface area contributed by atoms with E-state index < -0.39 is 45.2 Å². The fourth-order valence-electron chi connectivity index (χ4n) is 4.18. The predicted molar refractivity (Wildman–Crippen MR) is 142 cm³/mol. The number of fused-ring (bicyclic) bond motifs is 1. The van der Waals surface area contributed by atoms with Crippen LogP contribution in [0.5, 0.6) is 5.75 Å². The second kappa shape index (κ2) is 10.4. The van der Waals surface area contributed by atoms with Gasteiger partial charge in [-0.2, -0.15) is 13.2 Å². The quantitative estimate of drug-likeness (QED) is 0.392. The van der Waals surface area contributed by atoms with Gasteiger partial charge in [0.05, 0.1) is 17.1 Å². The molecule has 1 aliphatic heterocycles. The highest BCUT2D eigenvalue weighted by Crippen LogP contribution is 2.41. The van der Waals surface area contributed by atoms with Gasteiger partial charge in [-0.15, -0.1) is 0 Å². The lowest BCUT2D eigenvalue weighted by Crippen LogP contribution is -2.46. The Bertz CT molecular complexity index is 1600. The summed E-state index contributed by atoms with van der Waals surface area (Å²) < 4.78 is 83.6. The first-order valence-electron chi connectivity index (χ1n) is 12.4. The van der Waals surface area contributed by atoms with E-state index >= 15 is 0 Å². The van der Waals surface area contributed by atoms with E-state index in [1.165, 1.54) is 30.3 Å². The molecular weight excluding hydrogens is 569 g/mol. The van der Waals surface area contributed by atoms with E-state index in [4.69, 9.17) is 4.74 Å². The van der Waals surface area contributed by atoms with Crippen molar-refractivity contribution in [1.29, 1.82) is 0 Å². The van der Waals surface area contributed by atoms with Crippen molar-refractivity contribution in [2.75, 3.05) is 16.2 Å². The number of amides is 1. The number of aromatic nitrogens is 2. The standard InChI is InChI=1S/C26H29F3N4O7S/c1-15-6-9-18(10-7-15)41(36,37)33-14-17(13-24(2,3)21-31-23(35)40-32-21)38-20-11-8-16(12-19(20)33)30-22(34)39-25(4,5)26(27,28)29/h6-12,17H,13-14H2,1-5H3,(H,30,34)(H,31,32,35). The van der Waals surface area contributed by atoms with Crippen LogP contribution in [0.25, 0.3) is 0 Å². The van der Waals surface area contributed by atoms with Crippen LogP contribution in [0, 0.1) is 6.92 Å². The number of rotatable bonds is 7. The van der Waals surface area contributed by atoms with Crippen LogP contribution in [0.2, 0.25) is 0 Å². The van der Waals surface area contributed by atoms with Crippen LogP contribution in [-0.4, -0.2) is 49.1 Å². The van der Waals surface area contributed by atoms with Gasteiger partial charge in [0, 0.05) is 11.1 Å². The molecule has 3 aromatic rings. The lowest BCUT2D eigenvalue weighted by Gasteiger charge is -2.38. The van der Waals surface area contributed by atoms with Gasteiger partial charge in [-0.25, -0.2) is 18.0 Å². The minimum absolute atomic E-state index is 0.000472. The van der Waals surface area contributed by atoms with Gasteiger partial charge in [-0.3, -0.25) is 19.1 Å². The number of carbonyl (C=O) groups excluding carboxylic acids is 1. The van der Waals surface area contributed by atoms with Gasteiger partial charge < -0.3 is 9.47 Å². The molecular formula is C26H29F3N4O7S. The molecule has 2 aromatic carbocycles. The molecule has 41 heavy (non-hydrogen) atoms. The van der Waals surface area contributed by atoms with Crippen molar-refractivity contribution in [3.05, 3.63) is 64.4 Å². The summed E-state index contributed by atoms with van der Waals surface area (Å²) in [7, 11) is -4.17. The number of carbonyl (C=O) groups is 1. The number of anilines is 2. The van der Waals surface area contributed by atoms with Gasteiger partial charge >= 0.3 is 18.0 Å². The maximum Gasteiger partial charge on any atom is 0.438 e. The molecule has 0 radical (unpaired) electrons. The molecule has 2 N–H and O–H groups in total. The number of alkyl halides is 3. The number of sulfonamides is 1.